The molecule has 0 heterocycles. The minimum absolute atomic E-state index is 0.595. The van der Waals surface area contributed by atoms with Gasteiger partial charge < -0.3 is 14.3 Å². The highest BCUT2D eigenvalue weighted by Crippen LogP contribution is 2.30. The first-order chi connectivity index (χ1) is 7.83. The Labute approximate surface area is 96.5 Å². The third-order valence-electron chi connectivity index (χ3n) is 2.07. The zero-order valence-corrected chi connectivity index (χ0v) is 10.1. The van der Waals surface area contributed by atoms with Gasteiger partial charge in [-0.25, -0.2) is 0 Å². The molecular formula is C12H19NO3. The normalized spacial score (nSPS) is 10.2. The zero-order chi connectivity index (χ0) is 11.8. The number of benzene rings is 1. The summed E-state index contributed by atoms with van der Waals surface area (Å²) in [6.45, 7) is 5.73. The summed E-state index contributed by atoms with van der Waals surface area (Å²) in [4.78, 5) is 5.09. The fourth-order valence-electron chi connectivity index (χ4n) is 1.43. The molecule has 0 saturated carbocycles. The highest BCUT2D eigenvalue weighted by atomic mass is 16.6. The Balaban J connectivity index is 2.77. The molecule has 0 aliphatic heterocycles. The summed E-state index contributed by atoms with van der Waals surface area (Å²) in [5, 5.41) is 0. The van der Waals surface area contributed by atoms with Gasteiger partial charge in [0.1, 0.15) is 0 Å². The zero-order valence-electron chi connectivity index (χ0n) is 10.1. The molecule has 0 radical (unpaired) electrons. The van der Waals surface area contributed by atoms with E-state index in [1.807, 2.05) is 32.0 Å². The van der Waals surface area contributed by atoms with Crippen molar-refractivity contribution in [3.63, 3.8) is 0 Å². The fourth-order valence-corrected chi connectivity index (χ4v) is 1.43. The molecular weight excluding hydrogens is 206 g/mol. The largest absolute Gasteiger partial charge is 0.493 e. The van der Waals surface area contributed by atoms with Crippen molar-refractivity contribution in [2.24, 2.45) is 0 Å². The van der Waals surface area contributed by atoms with Crippen LogP contribution in [0.5, 0.6) is 11.5 Å². The van der Waals surface area contributed by atoms with Gasteiger partial charge in [0.25, 0.3) is 0 Å². The van der Waals surface area contributed by atoms with E-state index < -0.39 is 0 Å². The van der Waals surface area contributed by atoms with Crippen molar-refractivity contribution in [2.75, 3.05) is 20.3 Å². The summed E-state index contributed by atoms with van der Waals surface area (Å²) in [5.41, 5.74) is 3.88. The third kappa shape index (κ3) is 3.40. The van der Waals surface area contributed by atoms with Crippen LogP contribution in [0.1, 0.15) is 19.4 Å². The highest BCUT2D eigenvalue weighted by molar-refractivity contribution is 5.46. The van der Waals surface area contributed by atoms with Crippen molar-refractivity contribution in [1.29, 1.82) is 0 Å². The Hall–Kier alpha value is -1.26. The van der Waals surface area contributed by atoms with Crippen LogP contribution in [-0.4, -0.2) is 20.3 Å². The van der Waals surface area contributed by atoms with E-state index >= 15 is 0 Å². The smallest absolute Gasteiger partial charge is 0.165 e. The van der Waals surface area contributed by atoms with Crippen molar-refractivity contribution in [3.8, 4) is 11.5 Å². The molecule has 0 amide bonds. The number of rotatable bonds is 7. The minimum Gasteiger partial charge on any atom is -0.493 e. The lowest BCUT2D eigenvalue weighted by Gasteiger charge is -2.13. The van der Waals surface area contributed by atoms with Gasteiger partial charge in [-0.15, -0.1) is 0 Å². The molecule has 1 aromatic rings. The predicted octanol–water partition coefficient (Wildman–Crippen LogP) is 2.13. The van der Waals surface area contributed by atoms with Crippen LogP contribution in [-0.2, 0) is 11.4 Å². The SMILES string of the molecule is CCONCc1cccc(OCC)c1OC. The number of hydrogen-bond acceptors (Lipinski definition) is 4. The first-order valence-corrected chi connectivity index (χ1v) is 5.46. The molecule has 4 heteroatoms. The van der Waals surface area contributed by atoms with Crippen LogP contribution >= 0.6 is 0 Å². The van der Waals surface area contributed by atoms with Crippen molar-refractivity contribution in [2.45, 2.75) is 20.4 Å². The Bertz CT molecular complexity index is 315. The van der Waals surface area contributed by atoms with E-state index in [0.29, 0.717) is 19.8 Å². The summed E-state index contributed by atoms with van der Waals surface area (Å²) in [7, 11) is 1.64. The van der Waals surface area contributed by atoms with Crippen LogP contribution in [0.4, 0.5) is 0 Å². The molecule has 0 aliphatic rings. The molecule has 0 bridgehead atoms. The monoisotopic (exact) mass is 225 g/mol. The quantitative estimate of drug-likeness (QED) is 0.570. The Kier molecular flexibility index (Phi) is 5.67. The molecule has 1 rings (SSSR count). The van der Waals surface area contributed by atoms with Crippen LogP contribution in [0.3, 0.4) is 0 Å². The second-order valence-electron chi connectivity index (χ2n) is 3.14. The maximum Gasteiger partial charge on any atom is 0.165 e. The highest BCUT2D eigenvalue weighted by Gasteiger charge is 2.09. The van der Waals surface area contributed by atoms with E-state index in [2.05, 4.69) is 5.48 Å². The van der Waals surface area contributed by atoms with E-state index in [9.17, 15) is 0 Å². The molecule has 0 saturated heterocycles. The lowest BCUT2D eigenvalue weighted by molar-refractivity contribution is 0.0458. The summed E-state index contributed by atoms with van der Waals surface area (Å²) < 4.78 is 10.8. The number of para-hydroxylation sites is 1. The van der Waals surface area contributed by atoms with Crippen molar-refractivity contribution >= 4 is 0 Å². The first-order valence-electron chi connectivity index (χ1n) is 5.46. The van der Waals surface area contributed by atoms with Gasteiger partial charge in [-0.05, 0) is 19.9 Å². The van der Waals surface area contributed by atoms with E-state index in [-0.39, 0.29) is 0 Å². The van der Waals surface area contributed by atoms with Gasteiger partial charge in [0.2, 0.25) is 0 Å². The molecule has 4 nitrogen and oxygen atoms in total. The van der Waals surface area contributed by atoms with Crippen molar-refractivity contribution < 1.29 is 14.3 Å². The minimum atomic E-state index is 0.595. The number of nitrogens with one attached hydrogen (secondary N) is 1. The number of hydroxylamine groups is 1. The molecule has 1 aromatic carbocycles. The summed E-state index contributed by atoms with van der Waals surface area (Å²) in [6, 6.07) is 5.82. The molecule has 16 heavy (non-hydrogen) atoms. The molecule has 0 spiro atoms. The van der Waals surface area contributed by atoms with E-state index in [1.54, 1.807) is 7.11 Å². The van der Waals surface area contributed by atoms with Gasteiger partial charge in [-0.1, -0.05) is 12.1 Å². The molecule has 0 unspecified atom stereocenters. The summed E-state index contributed by atoms with van der Waals surface area (Å²) >= 11 is 0. The third-order valence-corrected chi connectivity index (χ3v) is 2.07. The van der Waals surface area contributed by atoms with Gasteiger partial charge in [0.05, 0.1) is 20.3 Å². The summed E-state index contributed by atoms with van der Waals surface area (Å²) in [6.07, 6.45) is 0. The maximum absolute atomic E-state index is 5.48. The Morgan fingerprint density at radius 1 is 1.19 bits per heavy atom. The fraction of sp³-hybridized carbons (Fsp3) is 0.500. The predicted molar refractivity (Wildman–Crippen MR) is 62.6 cm³/mol. The average Bonchev–Trinajstić information content (AvgIpc) is 2.30. The van der Waals surface area contributed by atoms with Crippen LogP contribution in [0, 0.1) is 0 Å². The Morgan fingerprint density at radius 3 is 2.62 bits per heavy atom. The lowest BCUT2D eigenvalue weighted by atomic mass is 10.2. The molecule has 0 aliphatic carbocycles. The first kappa shape index (κ1) is 12.8. The van der Waals surface area contributed by atoms with Gasteiger partial charge in [-0.3, -0.25) is 0 Å². The van der Waals surface area contributed by atoms with Crippen LogP contribution in [0.25, 0.3) is 0 Å². The number of methoxy groups -OCH3 is 1. The molecule has 90 valence electrons. The molecule has 0 aromatic heterocycles. The van der Waals surface area contributed by atoms with Crippen LogP contribution < -0.4 is 15.0 Å². The second kappa shape index (κ2) is 7.09. The van der Waals surface area contributed by atoms with Gasteiger partial charge in [0, 0.05) is 12.1 Å². The molecule has 0 fully saturated rings. The summed E-state index contributed by atoms with van der Waals surface area (Å²) in [5.74, 6) is 1.53. The van der Waals surface area contributed by atoms with Gasteiger partial charge in [-0.2, -0.15) is 5.48 Å². The van der Waals surface area contributed by atoms with E-state index in [0.717, 1.165) is 17.1 Å². The van der Waals surface area contributed by atoms with E-state index in [4.69, 9.17) is 14.3 Å². The maximum atomic E-state index is 5.48. The standard InChI is InChI=1S/C12H19NO3/c1-4-15-11-8-6-7-10(12(11)14-3)9-13-16-5-2/h6-8,13H,4-5,9H2,1-3H3. The van der Waals surface area contributed by atoms with Crippen molar-refractivity contribution in [3.05, 3.63) is 23.8 Å². The number of hydrogen-bond donors (Lipinski definition) is 1. The second-order valence-corrected chi connectivity index (χ2v) is 3.14. The average molecular weight is 225 g/mol. The van der Waals surface area contributed by atoms with E-state index in [1.165, 1.54) is 0 Å². The lowest BCUT2D eigenvalue weighted by Crippen LogP contribution is -2.14. The van der Waals surface area contributed by atoms with Gasteiger partial charge >= 0.3 is 0 Å². The van der Waals surface area contributed by atoms with Gasteiger partial charge in [0.15, 0.2) is 11.5 Å². The van der Waals surface area contributed by atoms with Crippen LogP contribution in [0.2, 0.25) is 0 Å². The van der Waals surface area contributed by atoms with Crippen molar-refractivity contribution in [1.82, 2.24) is 5.48 Å². The topological polar surface area (TPSA) is 39.7 Å². The number of ether oxygens (including phenoxy) is 2. The molecule has 0 atom stereocenters. The Morgan fingerprint density at radius 2 is 2.00 bits per heavy atom. The van der Waals surface area contributed by atoms with Crippen LogP contribution in [0.15, 0.2) is 18.2 Å². The molecule has 1 N–H and O–H groups in total.